The normalized spacial score (nSPS) is 15.6. The van der Waals surface area contributed by atoms with E-state index in [2.05, 4.69) is 17.8 Å². The molecule has 1 saturated heterocycles. The first-order valence-electron chi connectivity index (χ1n) is 5.28. The standard InChI is InChI=1S/C13H11N3O3/c1-4-7-14-10-11(17)15(8-5-2)13(19)16(9-6-3)12(14)18/h1-3H,7-10H2. The summed E-state index contributed by atoms with van der Waals surface area (Å²) in [6, 6.07) is -1.53. The van der Waals surface area contributed by atoms with Gasteiger partial charge in [0.15, 0.2) is 0 Å². The zero-order valence-corrected chi connectivity index (χ0v) is 10.1. The minimum absolute atomic E-state index is 0.0944. The number of imide groups is 2. The first kappa shape index (κ1) is 14.2. The highest BCUT2D eigenvalue weighted by Crippen LogP contribution is 2.10. The van der Waals surface area contributed by atoms with Gasteiger partial charge in [0.1, 0.15) is 6.54 Å². The Morgan fingerprint density at radius 3 is 1.89 bits per heavy atom. The number of carbonyl (C=O) groups is 3. The van der Waals surface area contributed by atoms with Crippen LogP contribution in [0.5, 0.6) is 0 Å². The van der Waals surface area contributed by atoms with Crippen LogP contribution in [0.4, 0.5) is 9.59 Å². The van der Waals surface area contributed by atoms with E-state index in [-0.39, 0.29) is 26.2 Å². The van der Waals surface area contributed by atoms with Gasteiger partial charge >= 0.3 is 12.1 Å². The number of rotatable bonds is 3. The summed E-state index contributed by atoms with van der Waals surface area (Å²) < 4.78 is 0. The predicted octanol–water partition coefficient (Wildman–Crippen LogP) is -0.428. The molecular weight excluding hydrogens is 246 g/mol. The minimum Gasteiger partial charge on any atom is -0.304 e. The Hall–Kier alpha value is -2.91. The molecule has 0 aromatic heterocycles. The Labute approximate surface area is 111 Å². The summed E-state index contributed by atoms with van der Waals surface area (Å²) in [4.78, 5) is 38.6. The molecule has 6 nitrogen and oxygen atoms in total. The largest absolute Gasteiger partial charge is 0.336 e. The van der Waals surface area contributed by atoms with Gasteiger partial charge in [0.2, 0.25) is 0 Å². The van der Waals surface area contributed by atoms with Gasteiger partial charge in [0.05, 0.1) is 19.6 Å². The topological polar surface area (TPSA) is 60.9 Å². The summed E-state index contributed by atoms with van der Waals surface area (Å²) in [6.07, 6.45) is 15.3. The van der Waals surface area contributed by atoms with Crippen LogP contribution in [0.15, 0.2) is 0 Å². The Balaban J connectivity index is 3.15. The van der Waals surface area contributed by atoms with Crippen LogP contribution in [0.1, 0.15) is 0 Å². The van der Waals surface area contributed by atoms with Crippen molar-refractivity contribution in [3.05, 3.63) is 0 Å². The molecule has 0 aliphatic carbocycles. The van der Waals surface area contributed by atoms with Crippen molar-refractivity contribution < 1.29 is 14.4 Å². The number of nitrogens with zero attached hydrogens (tertiary/aromatic N) is 3. The Morgan fingerprint density at radius 1 is 0.842 bits per heavy atom. The summed E-state index contributed by atoms with van der Waals surface area (Å²) in [5, 5.41) is 0. The lowest BCUT2D eigenvalue weighted by atomic mass is 10.4. The van der Waals surface area contributed by atoms with E-state index >= 15 is 0 Å². The molecule has 0 aromatic rings. The molecule has 0 radical (unpaired) electrons. The minimum atomic E-state index is -0.828. The Kier molecular flexibility index (Phi) is 4.57. The van der Waals surface area contributed by atoms with E-state index in [1.54, 1.807) is 0 Å². The van der Waals surface area contributed by atoms with Gasteiger partial charge in [-0.2, -0.15) is 0 Å². The van der Waals surface area contributed by atoms with Crippen molar-refractivity contribution in [2.45, 2.75) is 0 Å². The lowest BCUT2D eigenvalue weighted by Gasteiger charge is -2.22. The van der Waals surface area contributed by atoms with Crippen molar-refractivity contribution in [2.24, 2.45) is 0 Å². The summed E-state index contributed by atoms with van der Waals surface area (Å²) in [5.41, 5.74) is 0. The molecule has 1 heterocycles. The van der Waals surface area contributed by atoms with Crippen LogP contribution in [-0.2, 0) is 4.79 Å². The molecule has 1 rings (SSSR count). The first-order chi connectivity index (χ1) is 9.06. The maximum absolute atomic E-state index is 12.0. The van der Waals surface area contributed by atoms with Crippen molar-refractivity contribution in [1.82, 2.24) is 14.7 Å². The number of amides is 5. The molecule has 1 fully saturated rings. The molecule has 0 N–H and O–H groups in total. The lowest BCUT2D eigenvalue weighted by Crippen LogP contribution is -2.47. The maximum Gasteiger partial charge on any atom is 0.336 e. The number of urea groups is 2. The molecule has 96 valence electrons. The first-order valence-corrected chi connectivity index (χ1v) is 5.28. The van der Waals surface area contributed by atoms with Gasteiger partial charge < -0.3 is 4.90 Å². The maximum atomic E-state index is 12.0. The van der Waals surface area contributed by atoms with E-state index in [1.807, 2.05) is 0 Å². The van der Waals surface area contributed by atoms with Crippen molar-refractivity contribution in [3.8, 4) is 37.0 Å². The Bertz CT molecular complexity index is 533. The molecule has 0 spiro atoms. The third kappa shape index (κ3) is 2.86. The molecule has 1 aliphatic rings. The van der Waals surface area contributed by atoms with E-state index < -0.39 is 18.0 Å². The zero-order chi connectivity index (χ0) is 14.4. The van der Waals surface area contributed by atoms with Crippen LogP contribution in [0.3, 0.4) is 0 Å². The summed E-state index contributed by atoms with van der Waals surface area (Å²) >= 11 is 0. The fourth-order valence-corrected chi connectivity index (χ4v) is 1.53. The molecule has 0 atom stereocenters. The molecule has 0 aromatic carbocycles. The van der Waals surface area contributed by atoms with E-state index in [1.165, 1.54) is 0 Å². The Morgan fingerprint density at radius 2 is 1.37 bits per heavy atom. The smallest absolute Gasteiger partial charge is 0.304 e. The van der Waals surface area contributed by atoms with Crippen LogP contribution >= 0.6 is 0 Å². The molecule has 6 heteroatoms. The monoisotopic (exact) mass is 257 g/mol. The van der Waals surface area contributed by atoms with Gasteiger partial charge in [-0.25, -0.2) is 14.5 Å². The second-order valence-corrected chi connectivity index (χ2v) is 3.60. The molecular formula is C13H11N3O3. The second kappa shape index (κ2) is 6.14. The van der Waals surface area contributed by atoms with Gasteiger partial charge in [0.25, 0.3) is 5.91 Å². The highest BCUT2D eigenvalue weighted by Gasteiger charge is 2.37. The van der Waals surface area contributed by atoms with Gasteiger partial charge in [-0.15, -0.1) is 19.3 Å². The molecule has 0 saturated carbocycles. The highest BCUT2D eigenvalue weighted by atomic mass is 16.2. The van der Waals surface area contributed by atoms with E-state index in [4.69, 9.17) is 19.3 Å². The number of carbonyl (C=O) groups excluding carboxylic acids is 3. The zero-order valence-electron chi connectivity index (χ0n) is 10.1. The number of hydrogen-bond donors (Lipinski definition) is 0. The van der Waals surface area contributed by atoms with Crippen LogP contribution < -0.4 is 0 Å². The lowest BCUT2D eigenvalue weighted by molar-refractivity contribution is -0.127. The van der Waals surface area contributed by atoms with Crippen molar-refractivity contribution in [2.75, 3.05) is 26.2 Å². The molecule has 0 unspecified atom stereocenters. The van der Waals surface area contributed by atoms with Crippen molar-refractivity contribution in [3.63, 3.8) is 0 Å². The molecule has 1 aliphatic heterocycles. The van der Waals surface area contributed by atoms with Gasteiger partial charge in [-0.05, 0) is 0 Å². The van der Waals surface area contributed by atoms with Crippen LogP contribution in [-0.4, -0.2) is 58.8 Å². The quantitative estimate of drug-likeness (QED) is 0.645. The third-order valence-corrected chi connectivity index (χ3v) is 2.37. The average molecular weight is 257 g/mol. The third-order valence-electron chi connectivity index (χ3n) is 2.37. The van der Waals surface area contributed by atoms with Crippen LogP contribution in [0.2, 0.25) is 0 Å². The van der Waals surface area contributed by atoms with Crippen LogP contribution in [0, 0.1) is 37.0 Å². The van der Waals surface area contributed by atoms with E-state index in [9.17, 15) is 14.4 Å². The number of hydrogen-bond acceptors (Lipinski definition) is 3. The van der Waals surface area contributed by atoms with Crippen molar-refractivity contribution >= 4 is 18.0 Å². The molecule has 0 bridgehead atoms. The second-order valence-electron chi connectivity index (χ2n) is 3.60. The summed E-state index contributed by atoms with van der Waals surface area (Å²) in [7, 11) is 0. The SMILES string of the molecule is C#CCN1CC(=O)N(CC#C)C(=O)N(CC#C)C1=O. The fourth-order valence-electron chi connectivity index (χ4n) is 1.53. The van der Waals surface area contributed by atoms with Crippen molar-refractivity contribution in [1.29, 1.82) is 0 Å². The summed E-state index contributed by atoms with van der Waals surface area (Å²) in [6.45, 7) is -0.886. The predicted molar refractivity (Wildman–Crippen MR) is 67.3 cm³/mol. The summed E-state index contributed by atoms with van der Waals surface area (Å²) in [5.74, 6) is 6.02. The van der Waals surface area contributed by atoms with Crippen LogP contribution in [0.25, 0.3) is 0 Å². The molecule has 19 heavy (non-hydrogen) atoms. The van der Waals surface area contributed by atoms with E-state index in [0.29, 0.717) is 0 Å². The van der Waals surface area contributed by atoms with Gasteiger partial charge in [0, 0.05) is 0 Å². The van der Waals surface area contributed by atoms with Gasteiger partial charge in [-0.3, -0.25) is 9.69 Å². The van der Waals surface area contributed by atoms with E-state index in [0.717, 1.165) is 14.7 Å². The average Bonchev–Trinajstić information content (AvgIpc) is 2.46. The number of terminal acetylenes is 3. The van der Waals surface area contributed by atoms with Gasteiger partial charge in [-0.1, -0.05) is 17.8 Å². The fraction of sp³-hybridized carbons (Fsp3) is 0.308. The molecule has 5 amide bonds. The highest BCUT2D eigenvalue weighted by molar-refractivity contribution is 6.06.